The predicted molar refractivity (Wildman–Crippen MR) is 214 cm³/mol. The Morgan fingerprint density at radius 2 is 0.784 bits per heavy atom. The Morgan fingerprint density at radius 3 is 1.29 bits per heavy atom. The largest absolute Gasteiger partial charge is 0.310 e. The molecule has 0 unspecified atom stereocenters. The summed E-state index contributed by atoms with van der Waals surface area (Å²) in [6.45, 7) is 2.16. The van der Waals surface area contributed by atoms with Crippen LogP contribution in [-0.4, -0.2) is 0 Å². The third-order valence-corrected chi connectivity index (χ3v) is 10.4. The van der Waals surface area contributed by atoms with Crippen molar-refractivity contribution in [1.82, 2.24) is 0 Å². The van der Waals surface area contributed by atoms with Crippen molar-refractivity contribution in [2.24, 2.45) is 0 Å². The molecule has 0 amide bonds. The molecule has 0 fully saturated rings. The van der Waals surface area contributed by atoms with Gasteiger partial charge in [0, 0.05) is 17.1 Å². The molecule has 0 heterocycles. The van der Waals surface area contributed by atoms with Crippen molar-refractivity contribution in [3.8, 4) is 33.4 Å². The average molecular weight is 652 g/mol. The van der Waals surface area contributed by atoms with Crippen molar-refractivity contribution in [2.45, 2.75) is 12.3 Å². The topological polar surface area (TPSA) is 3.24 Å². The van der Waals surface area contributed by atoms with E-state index in [9.17, 15) is 0 Å². The Labute approximate surface area is 300 Å². The second kappa shape index (κ2) is 12.8. The van der Waals surface area contributed by atoms with E-state index < -0.39 is 5.41 Å². The maximum absolute atomic E-state index is 2.41. The first kappa shape index (κ1) is 30.6. The lowest BCUT2D eigenvalue weighted by molar-refractivity contribution is 0.768. The third-order valence-electron chi connectivity index (χ3n) is 10.4. The number of fused-ring (bicyclic) bond motifs is 3. The van der Waals surface area contributed by atoms with Gasteiger partial charge < -0.3 is 4.90 Å². The highest BCUT2D eigenvalue weighted by Gasteiger charge is 2.46. The Kier molecular flexibility index (Phi) is 7.67. The van der Waals surface area contributed by atoms with E-state index in [2.05, 4.69) is 218 Å². The summed E-state index contributed by atoms with van der Waals surface area (Å²) in [5.74, 6) is 0. The minimum atomic E-state index is -0.475. The third kappa shape index (κ3) is 5.26. The molecule has 0 N–H and O–H groups in total. The highest BCUT2D eigenvalue weighted by atomic mass is 15.1. The Morgan fingerprint density at radius 1 is 0.333 bits per heavy atom. The van der Waals surface area contributed by atoms with Crippen LogP contribution >= 0.6 is 0 Å². The van der Waals surface area contributed by atoms with E-state index in [0.717, 1.165) is 17.1 Å². The summed E-state index contributed by atoms with van der Waals surface area (Å²) < 4.78 is 0. The van der Waals surface area contributed by atoms with E-state index in [1.807, 2.05) is 0 Å². The number of anilines is 3. The molecule has 0 aromatic heterocycles. The first-order chi connectivity index (χ1) is 25.2. The zero-order chi connectivity index (χ0) is 34.2. The number of rotatable bonds is 7. The van der Waals surface area contributed by atoms with E-state index in [-0.39, 0.29) is 0 Å². The van der Waals surface area contributed by atoms with Crippen molar-refractivity contribution >= 4 is 17.1 Å². The van der Waals surface area contributed by atoms with Gasteiger partial charge in [-0.2, -0.15) is 0 Å². The van der Waals surface area contributed by atoms with Gasteiger partial charge in [0.2, 0.25) is 0 Å². The normalized spacial score (nSPS) is 12.6. The van der Waals surface area contributed by atoms with Crippen LogP contribution in [0.5, 0.6) is 0 Å². The molecule has 0 aliphatic heterocycles. The van der Waals surface area contributed by atoms with Crippen molar-refractivity contribution in [2.75, 3.05) is 4.90 Å². The van der Waals surface area contributed by atoms with Crippen LogP contribution in [0.25, 0.3) is 33.4 Å². The molecule has 51 heavy (non-hydrogen) atoms. The monoisotopic (exact) mass is 651 g/mol. The fourth-order valence-electron chi connectivity index (χ4n) is 8.02. The lowest BCUT2D eigenvalue weighted by Gasteiger charge is -2.35. The van der Waals surface area contributed by atoms with E-state index in [1.54, 1.807) is 0 Å². The van der Waals surface area contributed by atoms with Crippen LogP contribution in [0.2, 0.25) is 0 Å². The van der Waals surface area contributed by atoms with Gasteiger partial charge in [0.15, 0.2) is 0 Å². The molecule has 0 bridgehead atoms. The first-order valence-corrected chi connectivity index (χ1v) is 17.7. The molecule has 9 rings (SSSR count). The molecular weight excluding hydrogens is 615 g/mol. The zero-order valence-corrected chi connectivity index (χ0v) is 28.6. The summed E-state index contributed by atoms with van der Waals surface area (Å²) in [6.07, 6.45) is 0. The molecule has 8 aromatic rings. The Balaban J connectivity index is 1.24. The smallest absolute Gasteiger partial charge is 0.0714 e. The molecule has 8 aromatic carbocycles. The van der Waals surface area contributed by atoms with Crippen molar-refractivity contribution in [3.63, 3.8) is 0 Å². The second-order valence-electron chi connectivity index (χ2n) is 13.4. The summed E-state index contributed by atoms with van der Waals surface area (Å²) in [7, 11) is 0. The standard InChI is InChI=1S/C50H37N/c1-36-23-29-41(30-24-36)50(48-21-10-8-19-46(48)47-20-9-11-22-49(47)50)42-17-12-18-45(35-42)51(43-31-25-39(26-32-43)37-13-4-2-5-14-37)44-33-27-40(28-34-44)38-15-6-3-7-16-38/h2-35H,1H3. The maximum Gasteiger partial charge on any atom is 0.0714 e. The summed E-state index contributed by atoms with van der Waals surface area (Å²) in [6, 6.07) is 75.4. The van der Waals surface area contributed by atoms with Gasteiger partial charge in [-0.1, -0.05) is 175 Å². The second-order valence-corrected chi connectivity index (χ2v) is 13.4. The fraction of sp³-hybridized carbons (Fsp3) is 0.0400. The van der Waals surface area contributed by atoms with Gasteiger partial charge in [0.1, 0.15) is 0 Å². The van der Waals surface area contributed by atoms with Gasteiger partial charge in [0.05, 0.1) is 5.41 Å². The van der Waals surface area contributed by atoms with Gasteiger partial charge in [-0.05, 0) is 99.0 Å². The fourth-order valence-corrected chi connectivity index (χ4v) is 8.02. The average Bonchev–Trinajstić information content (AvgIpc) is 3.51. The van der Waals surface area contributed by atoms with Gasteiger partial charge in [-0.15, -0.1) is 0 Å². The van der Waals surface area contributed by atoms with E-state index in [1.165, 1.54) is 61.2 Å². The van der Waals surface area contributed by atoms with Crippen molar-refractivity contribution in [3.05, 3.63) is 234 Å². The lowest BCUT2D eigenvalue weighted by atomic mass is 9.67. The van der Waals surface area contributed by atoms with Gasteiger partial charge in [0.25, 0.3) is 0 Å². The Bertz CT molecular complexity index is 2310. The van der Waals surface area contributed by atoms with E-state index in [4.69, 9.17) is 0 Å². The van der Waals surface area contributed by atoms with Crippen molar-refractivity contribution < 1.29 is 0 Å². The number of hydrogen-bond donors (Lipinski definition) is 0. The minimum Gasteiger partial charge on any atom is -0.310 e. The van der Waals surface area contributed by atoms with Crippen LogP contribution in [0, 0.1) is 6.92 Å². The van der Waals surface area contributed by atoms with E-state index in [0.29, 0.717) is 0 Å². The number of hydrogen-bond acceptors (Lipinski definition) is 1. The van der Waals surface area contributed by atoms with Gasteiger partial charge in [-0.3, -0.25) is 0 Å². The number of benzene rings is 8. The van der Waals surface area contributed by atoms with Crippen LogP contribution in [0.1, 0.15) is 27.8 Å². The molecule has 1 aliphatic rings. The van der Waals surface area contributed by atoms with Crippen LogP contribution in [0.15, 0.2) is 206 Å². The SMILES string of the molecule is Cc1ccc(C2(c3cccc(N(c4ccc(-c5ccccc5)cc4)c4ccc(-c5ccccc5)cc4)c3)c3ccccc3-c3ccccc32)cc1. The molecule has 0 spiro atoms. The summed E-state index contributed by atoms with van der Waals surface area (Å²) in [5, 5.41) is 0. The molecule has 242 valence electrons. The molecule has 1 aliphatic carbocycles. The number of nitrogens with zero attached hydrogens (tertiary/aromatic N) is 1. The van der Waals surface area contributed by atoms with Gasteiger partial charge in [-0.25, -0.2) is 0 Å². The molecule has 0 atom stereocenters. The minimum absolute atomic E-state index is 0.475. The maximum atomic E-state index is 2.41. The molecular formula is C50H37N. The summed E-state index contributed by atoms with van der Waals surface area (Å²) in [5.41, 5.74) is 16.7. The molecule has 0 saturated carbocycles. The number of aryl methyl sites for hydroxylation is 1. The molecule has 0 saturated heterocycles. The first-order valence-electron chi connectivity index (χ1n) is 17.7. The lowest BCUT2D eigenvalue weighted by Crippen LogP contribution is -2.29. The molecule has 1 nitrogen and oxygen atoms in total. The highest BCUT2D eigenvalue weighted by Crippen LogP contribution is 2.56. The van der Waals surface area contributed by atoms with Crippen LogP contribution in [-0.2, 0) is 5.41 Å². The molecule has 0 radical (unpaired) electrons. The zero-order valence-electron chi connectivity index (χ0n) is 28.6. The highest BCUT2D eigenvalue weighted by molar-refractivity contribution is 5.87. The Hall–Kier alpha value is -6.44. The van der Waals surface area contributed by atoms with Crippen LogP contribution in [0.4, 0.5) is 17.1 Å². The summed E-state index contributed by atoms with van der Waals surface area (Å²) >= 11 is 0. The quantitative estimate of drug-likeness (QED) is 0.166. The predicted octanol–water partition coefficient (Wildman–Crippen LogP) is 13.2. The molecule has 1 heteroatoms. The van der Waals surface area contributed by atoms with E-state index >= 15 is 0 Å². The van der Waals surface area contributed by atoms with Crippen molar-refractivity contribution in [1.29, 1.82) is 0 Å². The van der Waals surface area contributed by atoms with Gasteiger partial charge >= 0.3 is 0 Å². The van der Waals surface area contributed by atoms with Crippen LogP contribution in [0.3, 0.4) is 0 Å². The summed E-state index contributed by atoms with van der Waals surface area (Å²) in [4.78, 5) is 2.39. The van der Waals surface area contributed by atoms with Crippen LogP contribution < -0.4 is 4.90 Å².